The summed E-state index contributed by atoms with van der Waals surface area (Å²) in [4.78, 5) is 17.0. The lowest BCUT2D eigenvalue weighted by molar-refractivity contribution is -0.125. The fourth-order valence-electron chi connectivity index (χ4n) is 3.24. The predicted octanol–water partition coefficient (Wildman–Crippen LogP) is 1.05. The van der Waals surface area contributed by atoms with E-state index in [9.17, 15) is 13.2 Å². The average molecular weight is 339 g/mol. The Morgan fingerprint density at radius 3 is 2.70 bits per heavy atom. The third-order valence-electron chi connectivity index (χ3n) is 4.71. The summed E-state index contributed by atoms with van der Waals surface area (Å²) in [6.45, 7) is 7.13. The van der Waals surface area contributed by atoms with E-state index in [0.717, 1.165) is 24.4 Å². The highest BCUT2D eigenvalue weighted by Crippen LogP contribution is 2.25. The first-order chi connectivity index (χ1) is 10.6. The molecule has 0 saturated carbocycles. The SMILES string of the molecule is CC(C)(C)c1cn2c(n1)CC[C@@H](NC(=O)[C@@H]1CCS(=O)(=O)C1)C2. The number of carbonyl (C=O) groups excluding carboxylic acids is 1. The Morgan fingerprint density at radius 1 is 1.35 bits per heavy atom. The average Bonchev–Trinajstić information content (AvgIpc) is 3.01. The summed E-state index contributed by atoms with van der Waals surface area (Å²) in [6, 6.07) is 0.0559. The fraction of sp³-hybridized carbons (Fsp3) is 0.750. The van der Waals surface area contributed by atoms with Gasteiger partial charge in [-0.05, 0) is 12.8 Å². The summed E-state index contributed by atoms with van der Waals surface area (Å²) in [5, 5.41) is 3.04. The summed E-state index contributed by atoms with van der Waals surface area (Å²) in [6.07, 6.45) is 4.22. The van der Waals surface area contributed by atoms with Crippen molar-refractivity contribution in [2.45, 2.75) is 58.0 Å². The van der Waals surface area contributed by atoms with Crippen LogP contribution < -0.4 is 5.32 Å². The van der Waals surface area contributed by atoms with Crippen LogP contribution in [0.5, 0.6) is 0 Å². The molecule has 3 heterocycles. The van der Waals surface area contributed by atoms with Gasteiger partial charge >= 0.3 is 0 Å². The van der Waals surface area contributed by atoms with Crippen molar-refractivity contribution in [3.63, 3.8) is 0 Å². The van der Waals surface area contributed by atoms with Gasteiger partial charge in [0.05, 0.1) is 23.1 Å². The topological polar surface area (TPSA) is 81.1 Å². The number of fused-ring (bicyclic) bond motifs is 1. The zero-order valence-electron chi connectivity index (χ0n) is 14.0. The summed E-state index contributed by atoms with van der Waals surface area (Å²) in [5.41, 5.74) is 1.09. The standard InChI is InChI=1S/C16H25N3O3S/c1-16(2,3)13-9-19-8-12(4-5-14(19)18-13)17-15(20)11-6-7-23(21,22)10-11/h9,11-12H,4-8,10H2,1-3H3,(H,17,20)/t11-,12-/m1/s1. The number of aromatic nitrogens is 2. The number of hydrogen-bond acceptors (Lipinski definition) is 4. The van der Waals surface area contributed by atoms with Gasteiger partial charge in [0, 0.05) is 30.6 Å². The van der Waals surface area contributed by atoms with E-state index >= 15 is 0 Å². The number of sulfone groups is 1. The van der Waals surface area contributed by atoms with Crippen LogP contribution in [-0.2, 0) is 33.0 Å². The molecular weight excluding hydrogens is 314 g/mol. The molecule has 1 amide bonds. The Bertz CT molecular complexity index is 715. The molecule has 128 valence electrons. The fourth-order valence-corrected chi connectivity index (χ4v) is 4.99. The summed E-state index contributed by atoms with van der Waals surface area (Å²) in [7, 11) is -3.02. The molecule has 0 aromatic carbocycles. The molecule has 0 aliphatic carbocycles. The molecule has 1 fully saturated rings. The second kappa shape index (κ2) is 5.61. The zero-order valence-corrected chi connectivity index (χ0v) is 14.8. The number of amides is 1. The minimum atomic E-state index is -3.02. The molecule has 0 bridgehead atoms. The largest absolute Gasteiger partial charge is 0.351 e. The second-order valence-electron chi connectivity index (χ2n) is 7.79. The Labute approximate surface area is 137 Å². The highest BCUT2D eigenvalue weighted by atomic mass is 32.2. The summed E-state index contributed by atoms with van der Waals surface area (Å²) in [5.74, 6) is 0.709. The first-order valence-corrected chi connectivity index (χ1v) is 10.0. The highest BCUT2D eigenvalue weighted by molar-refractivity contribution is 7.91. The van der Waals surface area contributed by atoms with Crippen molar-refractivity contribution < 1.29 is 13.2 Å². The van der Waals surface area contributed by atoms with Crippen LogP contribution in [-0.4, -0.2) is 41.4 Å². The van der Waals surface area contributed by atoms with E-state index in [4.69, 9.17) is 4.98 Å². The summed E-state index contributed by atoms with van der Waals surface area (Å²) >= 11 is 0. The highest BCUT2D eigenvalue weighted by Gasteiger charge is 2.34. The molecule has 6 nitrogen and oxygen atoms in total. The number of nitrogens with one attached hydrogen (secondary N) is 1. The van der Waals surface area contributed by atoms with Gasteiger partial charge in [-0.25, -0.2) is 13.4 Å². The molecule has 23 heavy (non-hydrogen) atoms. The van der Waals surface area contributed by atoms with Crippen molar-refractivity contribution in [3.05, 3.63) is 17.7 Å². The Balaban J connectivity index is 1.64. The molecule has 2 aliphatic rings. The van der Waals surface area contributed by atoms with Crippen molar-refractivity contribution in [3.8, 4) is 0 Å². The van der Waals surface area contributed by atoms with Gasteiger partial charge < -0.3 is 9.88 Å². The van der Waals surface area contributed by atoms with Gasteiger partial charge in [-0.1, -0.05) is 20.8 Å². The van der Waals surface area contributed by atoms with Crippen molar-refractivity contribution in [2.75, 3.05) is 11.5 Å². The van der Waals surface area contributed by atoms with Gasteiger partial charge in [0.25, 0.3) is 0 Å². The zero-order chi connectivity index (χ0) is 16.8. The number of imidazole rings is 1. The molecule has 3 rings (SSSR count). The Kier molecular flexibility index (Phi) is 4.02. The first kappa shape index (κ1) is 16.5. The lowest BCUT2D eigenvalue weighted by Gasteiger charge is -2.25. The van der Waals surface area contributed by atoms with Crippen LogP contribution in [0, 0.1) is 5.92 Å². The second-order valence-corrected chi connectivity index (χ2v) is 10.0. The maximum atomic E-state index is 12.3. The molecular formula is C16H25N3O3S. The molecule has 0 spiro atoms. The molecule has 1 aromatic rings. The van der Waals surface area contributed by atoms with Gasteiger partial charge in [-0.2, -0.15) is 0 Å². The quantitative estimate of drug-likeness (QED) is 0.873. The van der Waals surface area contributed by atoms with E-state index in [1.54, 1.807) is 0 Å². The normalized spacial score (nSPS) is 26.7. The smallest absolute Gasteiger partial charge is 0.224 e. The van der Waals surface area contributed by atoms with Gasteiger partial charge in [0.15, 0.2) is 9.84 Å². The monoisotopic (exact) mass is 339 g/mol. The minimum absolute atomic E-state index is 0.00392. The van der Waals surface area contributed by atoms with Crippen LogP contribution in [0.25, 0.3) is 0 Å². The van der Waals surface area contributed by atoms with E-state index in [-0.39, 0.29) is 34.8 Å². The number of rotatable bonds is 2. The van der Waals surface area contributed by atoms with Gasteiger partial charge in [-0.15, -0.1) is 0 Å². The molecule has 1 aromatic heterocycles. The van der Waals surface area contributed by atoms with Gasteiger partial charge in [0.1, 0.15) is 5.82 Å². The Morgan fingerprint density at radius 2 is 2.09 bits per heavy atom. The molecule has 7 heteroatoms. The maximum Gasteiger partial charge on any atom is 0.224 e. The van der Waals surface area contributed by atoms with Crippen molar-refractivity contribution in [2.24, 2.45) is 5.92 Å². The van der Waals surface area contributed by atoms with E-state index < -0.39 is 9.84 Å². The lowest BCUT2D eigenvalue weighted by atomic mass is 9.93. The lowest BCUT2D eigenvalue weighted by Crippen LogP contribution is -2.43. The molecule has 1 saturated heterocycles. The van der Waals surface area contributed by atoms with Gasteiger partial charge in [-0.3, -0.25) is 4.79 Å². The number of nitrogens with zero attached hydrogens (tertiary/aromatic N) is 2. The van der Waals surface area contributed by atoms with E-state index in [1.165, 1.54) is 0 Å². The maximum absolute atomic E-state index is 12.3. The van der Waals surface area contributed by atoms with E-state index in [1.807, 2.05) is 0 Å². The third kappa shape index (κ3) is 3.59. The van der Waals surface area contributed by atoms with Crippen molar-refractivity contribution in [1.29, 1.82) is 0 Å². The minimum Gasteiger partial charge on any atom is -0.351 e. The van der Waals surface area contributed by atoms with E-state index in [2.05, 4.69) is 36.9 Å². The van der Waals surface area contributed by atoms with Crippen LogP contribution in [0.2, 0.25) is 0 Å². The number of hydrogen-bond donors (Lipinski definition) is 1. The molecule has 2 atom stereocenters. The van der Waals surface area contributed by atoms with Crippen molar-refractivity contribution >= 4 is 15.7 Å². The van der Waals surface area contributed by atoms with Crippen LogP contribution in [0.1, 0.15) is 45.1 Å². The molecule has 2 aliphatic heterocycles. The van der Waals surface area contributed by atoms with Gasteiger partial charge in [0.2, 0.25) is 5.91 Å². The third-order valence-corrected chi connectivity index (χ3v) is 6.48. The Hall–Kier alpha value is -1.37. The van der Waals surface area contributed by atoms with Crippen LogP contribution in [0.4, 0.5) is 0 Å². The van der Waals surface area contributed by atoms with Crippen LogP contribution in [0.3, 0.4) is 0 Å². The summed E-state index contributed by atoms with van der Waals surface area (Å²) < 4.78 is 25.1. The molecule has 0 radical (unpaired) electrons. The molecule has 1 N–H and O–H groups in total. The van der Waals surface area contributed by atoms with Crippen LogP contribution >= 0.6 is 0 Å². The predicted molar refractivity (Wildman–Crippen MR) is 87.9 cm³/mol. The van der Waals surface area contributed by atoms with E-state index in [0.29, 0.717) is 13.0 Å². The van der Waals surface area contributed by atoms with Crippen LogP contribution in [0.15, 0.2) is 6.20 Å². The number of carbonyl (C=O) groups is 1. The van der Waals surface area contributed by atoms with Crippen molar-refractivity contribution in [1.82, 2.24) is 14.9 Å². The first-order valence-electron chi connectivity index (χ1n) is 8.21. The molecule has 0 unspecified atom stereocenters. The number of aryl methyl sites for hydroxylation is 1.